The van der Waals surface area contributed by atoms with Crippen LogP contribution >= 0.6 is 27.5 Å². The van der Waals surface area contributed by atoms with Crippen LogP contribution in [0.25, 0.3) is 0 Å². The monoisotopic (exact) mass is 378 g/mol. The van der Waals surface area contributed by atoms with Crippen molar-refractivity contribution < 1.29 is 4.79 Å². The second kappa shape index (κ2) is 6.31. The van der Waals surface area contributed by atoms with Crippen LogP contribution in [-0.2, 0) is 5.41 Å². The molecule has 114 valence electrons. The largest absolute Gasteiger partial charge is 0.337 e. The fraction of sp³-hybridized carbons (Fsp3) is 0.235. The summed E-state index contributed by atoms with van der Waals surface area (Å²) in [7, 11) is 0. The predicted octanol–water partition coefficient (Wildman–Crippen LogP) is 4.96. The molecule has 0 aromatic heterocycles. The van der Waals surface area contributed by atoms with Crippen LogP contribution in [0.1, 0.15) is 18.4 Å². The number of urea groups is 1. The third-order valence-corrected chi connectivity index (χ3v) is 4.96. The van der Waals surface area contributed by atoms with Gasteiger partial charge in [0.1, 0.15) is 0 Å². The van der Waals surface area contributed by atoms with E-state index < -0.39 is 0 Å². The van der Waals surface area contributed by atoms with Crippen LogP contribution in [0.5, 0.6) is 0 Å². The average Bonchev–Trinajstić information content (AvgIpc) is 3.29. The number of halogens is 2. The van der Waals surface area contributed by atoms with Gasteiger partial charge in [0.25, 0.3) is 0 Å². The van der Waals surface area contributed by atoms with Crippen molar-refractivity contribution in [3.63, 3.8) is 0 Å². The number of carbonyl (C=O) groups is 1. The Kier molecular flexibility index (Phi) is 4.41. The second-order valence-corrected chi connectivity index (χ2v) is 6.87. The Morgan fingerprint density at radius 3 is 2.45 bits per heavy atom. The first-order chi connectivity index (χ1) is 10.6. The number of hydrogen-bond acceptors (Lipinski definition) is 1. The van der Waals surface area contributed by atoms with Gasteiger partial charge in [-0.1, -0.05) is 35.9 Å². The van der Waals surface area contributed by atoms with Gasteiger partial charge in [0.2, 0.25) is 0 Å². The van der Waals surface area contributed by atoms with Gasteiger partial charge in [0.15, 0.2) is 0 Å². The van der Waals surface area contributed by atoms with E-state index in [4.69, 9.17) is 11.6 Å². The predicted molar refractivity (Wildman–Crippen MR) is 93.5 cm³/mol. The molecule has 0 spiro atoms. The Hall–Kier alpha value is -1.52. The first kappa shape index (κ1) is 15.4. The normalized spacial score (nSPS) is 15.2. The molecular formula is C17H16BrClN2O. The van der Waals surface area contributed by atoms with Crippen LogP contribution in [-0.4, -0.2) is 12.6 Å². The molecule has 0 heterocycles. The number of para-hydroxylation sites is 1. The molecule has 0 unspecified atom stereocenters. The van der Waals surface area contributed by atoms with Gasteiger partial charge in [-0.15, -0.1) is 0 Å². The Bertz CT molecular complexity index is 683. The minimum absolute atomic E-state index is 0.0653. The summed E-state index contributed by atoms with van der Waals surface area (Å²) in [5.41, 5.74) is 2.06. The van der Waals surface area contributed by atoms with Crippen LogP contribution in [0.3, 0.4) is 0 Å². The Morgan fingerprint density at radius 2 is 1.82 bits per heavy atom. The molecule has 0 radical (unpaired) electrons. The molecule has 2 aromatic carbocycles. The second-order valence-electron chi connectivity index (χ2n) is 5.57. The van der Waals surface area contributed by atoms with Crippen LogP contribution in [0, 0.1) is 0 Å². The van der Waals surface area contributed by atoms with Crippen molar-refractivity contribution in [2.75, 3.05) is 11.9 Å². The summed E-state index contributed by atoms with van der Waals surface area (Å²) in [5, 5.41) is 6.56. The molecule has 2 amide bonds. The van der Waals surface area contributed by atoms with Gasteiger partial charge in [0, 0.05) is 21.5 Å². The topological polar surface area (TPSA) is 41.1 Å². The smallest absolute Gasteiger partial charge is 0.319 e. The lowest BCUT2D eigenvalue weighted by atomic mass is 9.96. The molecule has 1 saturated carbocycles. The van der Waals surface area contributed by atoms with E-state index in [1.165, 1.54) is 5.56 Å². The molecule has 5 heteroatoms. The summed E-state index contributed by atoms with van der Waals surface area (Å²) in [5.74, 6) is 0. The minimum Gasteiger partial charge on any atom is -0.337 e. The number of rotatable bonds is 4. The number of anilines is 1. The highest BCUT2D eigenvalue weighted by atomic mass is 79.9. The van der Waals surface area contributed by atoms with Gasteiger partial charge in [0.05, 0.1) is 5.69 Å². The Morgan fingerprint density at radius 1 is 1.14 bits per heavy atom. The summed E-state index contributed by atoms with van der Waals surface area (Å²) in [4.78, 5) is 12.1. The summed E-state index contributed by atoms with van der Waals surface area (Å²) in [6.45, 7) is 0.630. The lowest BCUT2D eigenvalue weighted by molar-refractivity contribution is 0.251. The summed E-state index contributed by atoms with van der Waals surface area (Å²) in [6, 6.07) is 15.2. The number of hydrogen-bond donors (Lipinski definition) is 2. The van der Waals surface area contributed by atoms with E-state index in [0.717, 1.165) is 28.0 Å². The maximum Gasteiger partial charge on any atom is 0.319 e. The standard InChI is InChI=1S/C17H16BrClN2O/c18-14-3-1-2-4-15(14)21-16(22)20-11-17(9-10-17)12-5-7-13(19)8-6-12/h1-8H,9-11H2,(H2,20,21,22). The Balaban J connectivity index is 1.59. The molecule has 1 aliphatic rings. The van der Waals surface area contributed by atoms with Crippen LogP contribution < -0.4 is 10.6 Å². The van der Waals surface area contributed by atoms with Gasteiger partial charge >= 0.3 is 6.03 Å². The van der Waals surface area contributed by atoms with Crippen molar-refractivity contribution >= 4 is 39.2 Å². The van der Waals surface area contributed by atoms with E-state index in [1.54, 1.807) is 0 Å². The number of benzene rings is 2. The van der Waals surface area contributed by atoms with Crippen molar-refractivity contribution in [1.82, 2.24) is 5.32 Å². The lowest BCUT2D eigenvalue weighted by Crippen LogP contribution is -2.35. The Labute approximate surface area is 143 Å². The van der Waals surface area contributed by atoms with Crippen LogP contribution in [0.4, 0.5) is 10.5 Å². The van der Waals surface area contributed by atoms with E-state index in [2.05, 4.69) is 26.6 Å². The molecule has 2 N–H and O–H groups in total. The maximum absolute atomic E-state index is 12.1. The molecule has 22 heavy (non-hydrogen) atoms. The fourth-order valence-electron chi connectivity index (χ4n) is 2.50. The first-order valence-electron chi connectivity index (χ1n) is 7.15. The molecule has 0 saturated heterocycles. The zero-order valence-electron chi connectivity index (χ0n) is 11.9. The fourth-order valence-corrected chi connectivity index (χ4v) is 3.01. The zero-order chi connectivity index (χ0) is 15.6. The minimum atomic E-state index is -0.188. The zero-order valence-corrected chi connectivity index (χ0v) is 14.2. The van der Waals surface area contributed by atoms with E-state index in [-0.39, 0.29) is 11.4 Å². The van der Waals surface area contributed by atoms with Crippen molar-refractivity contribution in [3.8, 4) is 0 Å². The van der Waals surface area contributed by atoms with E-state index in [9.17, 15) is 4.79 Å². The van der Waals surface area contributed by atoms with Crippen LogP contribution in [0.2, 0.25) is 5.02 Å². The highest BCUT2D eigenvalue weighted by Gasteiger charge is 2.44. The van der Waals surface area contributed by atoms with E-state index >= 15 is 0 Å². The lowest BCUT2D eigenvalue weighted by Gasteiger charge is -2.17. The highest BCUT2D eigenvalue weighted by molar-refractivity contribution is 9.10. The third-order valence-electron chi connectivity index (χ3n) is 4.02. The third kappa shape index (κ3) is 3.45. The molecule has 1 fully saturated rings. The van der Waals surface area contributed by atoms with Crippen molar-refractivity contribution in [1.29, 1.82) is 0 Å². The number of carbonyl (C=O) groups excluding carboxylic acids is 1. The van der Waals surface area contributed by atoms with Crippen molar-refractivity contribution in [2.24, 2.45) is 0 Å². The average molecular weight is 380 g/mol. The van der Waals surface area contributed by atoms with Gasteiger partial charge in [-0.25, -0.2) is 4.79 Å². The SMILES string of the molecule is O=C(NCC1(c2ccc(Cl)cc2)CC1)Nc1ccccc1Br. The van der Waals surface area contributed by atoms with Gasteiger partial charge in [-0.05, 0) is 58.6 Å². The summed E-state index contributed by atoms with van der Waals surface area (Å²) >= 11 is 9.35. The molecule has 3 rings (SSSR count). The number of amides is 2. The van der Waals surface area contributed by atoms with Crippen LogP contribution in [0.15, 0.2) is 53.0 Å². The van der Waals surface area contributed by atoms with Crippen molar-refractivity contribution in [2.45, 2.75) is 18.3 Å². The first-order valence-corrected chi connectivity index (χ1v) is 8.32. The molecule has 3 nitrogen and oxygen atoms in total. The molecule has 0 bridgehead atoms. The van der Waals surface area contributed by atoms with Crippen molar-refractivity contribution in [3.05, 3.63) is 63.6 Å². The van der Waals surface area contributed by atoms with E-state index in [1.807, 2.05) is 48.5 Å². The summed E-state index contributed by atoms with van der Waals surface area (Å²) in [6.07, 6.45) is 2.17. The van der Waals surface area contributed by atoms with Gasteiger partial charge in [-0.2, -0.15) is 0 Å². The molecular weight excluding hydrogens is 364 g/mol. The number of nitrogens with one attached hydrogen (secondary N) is 2. The quantitative estimate of drug-likeness (QED) is 0.775. The maximum atomic E-state index is 12.1. The molecule has 0 aliphatic heterocycles. The molecule has 2 aromatic rings. The van der Waals surface area contributed by atoms with Gasteiger partial charge < -0.3 is 10.6 Å². The highest BCUT2D eigenvalue weighted by Crippen LogP contribution is 2.47. The molecule has 0 atom stereocenters. The van der Waals surface area contributed by atoms with E-state index in [0.29, 0.717) is 6.54 Å². The molecule has 1 aliphatic carbocycles. The van der Waals surface area contributed by atoms with Gasteiger partial charge in [-0.3, -0.25) is 0 Å². The summed E-state index contributed by atoms with van der Waals surface area (Å²) < 4.78 is 0.865.